The first-order chi connectivity index (χ1) is 12.5. The van der Waals surface area contributed by atoms with E-state index in [9.17, 15) is 8.78 Å². The van der Waals surface area contributed by atoms with E-state index in [4.69, 9.17) is 4.74 Å². The van der Waals surface area contributed by atoms with Gasteiger partial charge in [-0.2, -0.15) is 0 Å². The van der Waals surface area contributed by atoms with Crippen molar-refractivity contribution in [3.05, 3.63) is 54.1 Å². The molecule has 0 atom stereocenters. The molecule has 0 spiro atoms. The summed E-state index contributed by atoms with van der Waals surface area (Å²) < 4.78 is 33.5. The van der Waals surface area contributed by atoms with E-state index < -0.39 is 11.6 Å². The van der Waals surface area contributed by atoms with Crippen molar-refractivity contribution in [3.63, 3.8) is 0 Å². The van der Waals surface area contributed by atoms with Gasteiger partial charge in [0, 0.05) is 19.7 Å². The molecule has 27 heavy (non-hydrogen) atoms. The van der Waals surface area contributed by atoms with Crippen LogP contribution in [0.3, 0.4) is 0 Å². The molecule has 0 unspecified atom stereocenters. The molecule has 0 amide bonds. The molecule has 0 aliphatic carbocycles. The SMILES string of the molecule is C=CCNC(=NCc1nnc(C)n1C)NCCOc1ccc(F)cc1F.I. The third-order valence-corrected chi connectivity index (χ3v) is 3.52. The molecule has 7 nitrogen and oxygen atoms in total. The highest BCUT2D eigenvalue weighted by molar-refractivity contribution is 14.0. The molecule has 0 fully saturated rings. The van der Waals surface area contributed by atoms with Gasteiger partial charge in [0.2, 0.25) is 0 Å². The van der Waals surface area contributed by atoms with Gasteiger partial charge >= 0.3 is 0 Å². The Bertz CT molecular complexity index is 781. The summed E-state index contributed by atoms with van der Waals surface area (Å²) >= 11 is 0. The molecule has 2 aromatic rings. The van der Waals surface area contributed by atoms with Crippen LogP contribution in [0.1, 0.15) is 11.6 Å². The van der Waals surface area contributed by atoms with Crippen LogP contribution in [0.4, 0.5) is 8.78 Å². The molecular weight excluding hydrogens is 469 g/mol. The number of benzene rings is 1. The number of aromatic nitrogens is 3. The van der Waals surface area contributed by atoms with Gasteiger partial charge in [0.1, 0.15) is 24.8 Å². The van der Waals surface area contributed by atoms with Crippen molar-refractivity contribution in [1.82, 2.24) is 25.4 Å². The van der Waals surface area contributed by atoms with E-state index >= 15 is 0 Å². The van der Waals surface area contributed by atoms with E-state index in [1.165, 1.54) is 6.07 Å². The Morgan fingerprint density at radius 3 is 2.74 bits per heavy atom. The van der Waals surface area contributed by atoms with Crippen LogP contribution in [-0.2, 0) is 13.6 Å². The van der Waals surface area contributed by atoms with Gasteiger partial charge < -0.3 is 19.9 Å². The second-order valence-electron chi connectivity index (χ2n) is 5.41. The third kappa shape index (κ3) is 7.12. The predicted molar refractivity (Wildman–Crippen MR) is 110 cm³/mol. The second kappa shape index (κ2) is 11.5. The monoisotopic (exact) mass is 492 g/mol. The Morgan fingerprint density at radius 1 is 1.33 bits per heavy atom. The molecule has 2 rings (SSSR count). The van der Waals surface area contributed by atoms with Crippen LogP contribution in [-0.4, -0.2) is 40.4 Å². The smallest absolute Gasteiger partial charge is 0.192 e. The number of ether oxygens (including phenoxy) is 1. The highest BCUT2D eigenvalue weighted by Gasteiger charge is 2.06. The maximum Gasteiger partial charge on any atom is 0.192 e. The van der Waals surface area contributed by atoms with Crippen LogP contribution >= 0.6 is 24.0 Å². The van der Waals surface area contributed by atoms with Gasteiger partial charge in [-0.1, -0.05) is 6.08 Å². The fourth-order valence-electron chi connectivity index (χ4n) is 2.00. The minimum Gasteiger partial charge on any atom is -0.489 e. The van der Waals surface area contributed by atoms with Crippen molar-refractivity contribution >= 4 is 29.9 Å². The lowest BCUT2D eigenvalue weighted by Crippen LogP contribution is -2.39. The Hall–Kier alpha value is -2.24. The number of aryl methyl sites for hydroxylation is 1. The Morgan fingerprint density at radius 2 is 2.11 bits per heavy atom. The zero-order chi connectivity index (χ0) is 18.9. The first kappa shape index (κ1) is 22.8. The average Bonchev–Trinajstić information content (AvgIpc) is 2.93. The molecule has 148 valence electrons. The van der Waals surface area contributed by atoms with Crippen LogP contribution in [0.5, 0.6) is 5.75 Å². The second-order valence-corrected chi connectivity index (χ2v) is 5.41. The van der Waals surface area contributed by atoms with Crippen LogP contribution in [0.25, 0.3) is 0 Å². The van der Waals surface area contributed by atoms with Crippen molar-refractivity contribution in [2.45, 2.75) is 13.5 Å². The first-order valence-corrected chi connectivity index (χ1v) is 8.07. The van der Waals surface area contributed by atoms with Crippen LogP contribution in [0, 0.1) is 18.6 Å². The molecule has 10 heteroatoms. The van der Waals surface area contributed by atoms with Gasteiger partial charge in [-0.3, -0.25) is 0 Å². The normalized spacial score (nSPS) is 10.9. The number of hydrogen-bond acceptors (Lipinski definition) is 4. The lowest BCUT2D eigenvalue weighted by Gasteiger charge is -2.12. The summed E-state index contributed by atoms with van der Waals surface area (Å²) in [5.74, 6) is 0.690. The Balaban J connectivity index is 0.00000364. The van der Waals surface area contributed by atoms with Gasteiger partial charge in [0.05, 0.1) is 6.54 Å². The molecule has 1 aromatic carbocycles. The average molecular weight is 492 g/mol. The summed E-state index contributed by atoms with van der Waals surface area (Å²) in [7, 11) is 1.87. The summed E-state index contributed by atoms with van der Waals surface area (Å²) in [6, 6.07) is 3.18. The molecule has 0 bridgehead atoms. The minimum absolute atomic E-state index is 0. The van der Waals surface area contributed by atoms with E-state index in [1.54, 1.807) is 6.08 Å². The Labute approximate surface area is 173 Å². The summed E-state index contributed by atoms with van der Waals surface area (Å²) in [5.41, 5.74) is 0. The largest absolute Gasteiger partial charge is 0.489 e. The van der Waals surface area contributed by atoms with Crippen molar-refractivity contribution in [1.29, 1.82) is 0 Å². The maximum atomic E-state index is 13.5. The molecule has 0 saturated heterocycles. The van der Waals surface area contributed by atoms with Crippen molar-refractivity contribution in [2.24, 2.45) is 12.0 Å². The molecule has 0 saturated carbocycles. The molecule has 2 N–H and O–H groups in total. The highest BCUT2D eigenvalue weighted by Crippen LogP contribution is 2.17. The number of aliphatic imine (C=N–C) groups is 1. The van der Waals surface area contributed by atoms with Gasteiger partial charge in [-0.15, -0.1) is 40.8 Å². The van der Waals surface area contributed by atoms with Gasteiger partial charge in [0.25, 0.3) is 0 Å². The van der Waals surface area contributed by atoms with E-state index in [0.717, 1.165) is 23.8 Å². The summed E-state index contributed by atoms with van der Waals surface area (Å²) in [6.07, 6.45) is 1.70. The van der Waals surface area contributed by atoms with E-state index in [2.05, 4.69) is 32.4 Å². The zero-order valence-corrected chi connectivity index (χ0v) is 17.5. The fraction of sp³-hybridized carbons (Fsp3) is 0.353. The Kier molecular flexibility index (Phi) is 9.68. The van der Waals surface area contributed by atoms with E-state index in [0.29, 0.717) is 25.6 Å². The summed E-state index contributed by atoms with van der Waals surface area (Å²) in [6.45, 7) is 6.94. The molecule has 1 heterocycles. The summed E-state index contributed by atoms with van der Waals surface area (Å²) in [4.78, 5) is 4.42. The number of rotatable bonds is 8. The standard InChI is InChI=1S/C17H22F2N6O.HI/c1-4-7-20-17(22-11-16-24-23-12(2)25(16)3)21-8-9-26-15-6-5-13(18)10-14(15)19;/h4-6,10H,1,7-9,11H2,2-3H3,(H2,20,21,22);1H. The number of halogens is 3. The number of nitrogens with zero attached hydrogens (tertiary/aromatic N) is 4. The van der Waals surface area contributed by atoms with Gasteiger partial charge in [0.15, 0.2) is 23.4 Å². The number of guanidine groups is 1. The molecule has 0 aliphatic rings. The van der Waals surface area contributed by atoms with Crippen LogP contribution < -0.4 is 15.4 Å². The molecule has 1 aromatic heterocycles. The third-order valence-electron chi connectivity index (χ3n) is 3.52. The van der Waals surface area contributed by atoms with Crippen LogP contribution in [0.15, 0.2) is 35.8 Å². The quantitative estimate of drug-likeness (QED) is 0.195. The van der Waals surface area contributed by atoms with Crippen LogP contribution in [0.2, 0.25) is 0 Å². The first-order valence-electron chi connectivity index (χ1n) is 8.07. The van der Waals surface area contributed by atoms with Crippen molar-refractivity contribution < 1.29 is 13.5 Å². The fourth-order valence-corrected chi connectivity index (χ4v) is 2.00. The van der Waals surface area contributed by atoms with Gasteiger partial charge in [-0.05, 0) is 19.1 Å². The summed E-state index contributed by atoms with van der Waals surface area (Å²) in [5, 5.41) is 14.2. The van der Waals surface area contributed by atoms with E-state index in [-0.39, 0.29) is 36.3 Å². The highest BCUT2D eigenvalue weighted by atomic mass is 127. The zero-order valence-electron chi connectivity index (χ0n) is 15.2. The van der Waals surface area contributed by atoms with Crippen molar-refractivity contribution in [2.75, 3.05) is 19.7 Å². The van der Waals surface area contributed by atoms with Gasteiger partial charge in [-0.25, -0.2) is 13.8 Å². The predicted octanol–water partition coefficient (Wildman–Crippen LogP) is 2.32. The van der Waals surface area contributed by atoms with Crippen molar-refractivity contribution in [3.8, 4) is 5.75 Å². The number of nitrogens with one attached hydrogen (secondary N) is 2. The minimum atomic E-state index is -0.735. The lowest BCUT2D eigenvalue weighted by molar-refractivity contribution is 0.304. The molecule has 0 aliphatic heterocycles. The maximum absolute atomic E-state index is 13.5. The van der Waals surface area contributed by atoms with E-state index in [1.807, 2.05) is 18.5 Å². The number of hydrogen-bond donors (Lipinski definition) is 2. The molecular formula is C17H23F2IN6O. The molecule has 0 radical (unpaired) electrons. The lowest BCUT2D eigenvalue weighted by atomic mass is 10.3. The topological polar surface area (TPSA) is 76.4 Å².